The van der Waals surface area contributed by atoms with Crippen molar-refractivity contribution in [3.63, 3.8) is 0 Å². The lowest BCUT2D eigenvalue weighted by Gasteiger charge is -2.25. The third-order valence-electron chi connectivity index (χ3n) is 4.08. The molecule has 0 heterocycles. The van der Waals surface area contributed by atoms with Gasteiger partial charge in [-0.1, -0.05) is 60.7 Å². The van der Waals surface area contributed by atoms with Crippen LogP contribution in [-0.4, -0.2) is 49.3 Å². The molecule has 3 N–H and O–H groups in total. The molecule has 0 radical (unpaired) electrons. The number of amides is 2. The molecule has 0 fully saturated rings. The average Bonchev–Trinajstić information content (AvgIpc) is 2.61. The lowest BCUT2D eigenvalue weighted by molar-refractivity contribution is 0.170. The number of benzene rings is 2. The zero-order valence-corrected chi connectivity index (χ0v) is 14.9. The third-order valence-corrected chi connectivity index (χ3v) is 4.08. The summed E-state index contributed by atoms with van der Waals surface area (Å²) in [7, 11) is 3.97. The van der Waals surface area contributed by atoms with Crippen LogP contribution in [0.4, 0.5) is 4.79 Å². The van der Waals surface area contributed by atoms with Crippen molar-refractivity contribution in [1.29, 1.82) is 0 Å². The largest absolute Gasteiger partial charge is 0.391 e. The van der Waals surface area contributed by atoms with E-state index in [1.54, 1.807) is 0 Å². The first-order chi connectivity index (χ1) is 12.1. The fourth-order valence-electron chi connectivity index (χ4n) is 2.69. The molecule has 2 atom stereocenters. The van der Waals surface area contributed by atoms with Crippen molar-refractivity contribution >= 4 is 6.03 Å². The minimum atomic E-state index is -0.605. The van der Waals surface area contributed by atoms with E-state index in [4.69, 9.17) is 0 Å². The van der Waals surface area contributed by atoms with Crippen molar-refractivity contribution in [1.82, 2.24) is 15.5 Å². The smallest absolute Gasteiger partial charge is 0.314 e. The first-order valence-corrected chi connectivity index (χ1v) is 8.51. The van der Waals surface area contributed by atoms with E-state index in [1.807, 2.05) is 74.8 Å². The first kappa shape index (κ1) is 19.0. The Morgan fingerprint density at radius 2 is 1.52 bits per heavy atom. The van der Waals surface area contributed by atoms with E-state index < -0.39 is 6.10 Å². The molecule has 0 spiro atoms. The number of nitrogens with zero attached hydrogens (tertiary/aromatic N) is 1. The van der Waals surface area contributed by atoms with Crippen LogP contribution in [0.15, 0.2) is 60.7 Å². The van der Waals surface area contributed by atoms with Crippen LogP contribution in [0.1, 0.15) is 17.2 Å². The molecule has 0 aromatic heterocycles. The number of carbonyl (C=O) groups is 1. The maximum atomic E-state index is 12.0. The highest BCUT2D eigenvalue weighted by Gasteiger charge is 2.15. The van der Waals surface area contributed by atoms with Gasteiger partial charge in [-0.3, -0.25) is 0 Å². The number of carbonyl (C=O) groups excluding carboxylic acids is 1. The van der Waals surface area contributed by atoms with E-state index in [2.05, 4.69) is 15.5 Å². The highest BCUT2D eigenvalue weighted by atomic mass is 16.3. The Morgan fingerprint density at radius 3 is 2.12 bits per heavy atom. The zero-order chi connectivity index (χ0) is 18.1. The summed E-state index contributed by atoms with van der Waals surface area (Å²) in [6.07, 6.45) is -0.0854. The summed E-state index contributed by atoms with van der Waals surface area (Å²) in [5.74, 6) is 0. The van der Waals surface area contributed by atoms with Gasteiger partial charge in [0.25, 0.3) is 0 Å². The Morgan fingerprint density at radius 1 is 0.960 bits per heavy atom. The lowest BCUT2D eigenvalue weighted by Crippen LogP contribution is -2.43. The Balaban J connectivity index is 1.75. The molecule has 0 aliphatic rings. The summed E-state index contributed by atoms with van der Waals surface area (Å²) >= 11 is 0. The van der Waals surface area contributed by atoms with E-state index >= 15 is 0 Å². The molecule has 0 aliphatic carbocycles. The molecule has 0 saturated carbocycles. The fourth-order valence-corrected chi connectivity index (χ4v) is 2.69. The van der Waals surface area contributed by atoms with E-state index in [9.17, 15) is 9.90 Å². The predicted octanol–water partition coefficient (Wildman–Crippen LogP) is 2.19. The monoisotopic (exact) mass is 341 g/mol. The van der Waals surface area contributed by atoms with Crippen LogP contribution in [0.2, 0.25) is 0 Å². The number of urea groups is 1. The van der Waals surface area contributed by atoms with Crippen LogP contribution in [0.3, 0.4) is 0 Å². The topological polar surface area (TPSA) is 64.6 Å². The number of rotatable bonds is 8. The summed E-state index contributed by atoms with van der Waals surface area (Å²) in [6, 6.07) is 19.6. The normalized spacial score (nSPS) is 13.3. The molecule has 2 aromatic carbocycles. The van der Waals surface area contributed by atoms with E-state index in [-0.39, 0.29) is 18.6 Å². The van der Waals surface area contributed by atoms with Crippen LogP contribution in [-0.2, 0) is 6.42 Å². The van der Waals surface area contributed by atoms with Gasteiger partial charge in [-0.25, -0.2) is 4.79 Å². The molecule has 5 nitrogen and oxygen atoms in total. The maximum Gasteiger partial charge on any atom is 0.314 e. The molecule has 2 aromatic rings. The van der Waals surface area contributed by atoms with E-state index in [1.165, 1.54) is 0 Å². The van der Waals surface area contributed by atoms with Gasteiger partial charge in [-0.2, -0.15) is 0 Å². The quantitative estimate of drug-likeness (QED) is 0.690. The Labute approximate surface area is 149 Å². The van der Waals surface area contributed by atoms with Gasteiger partial charge in [0, 0.05) is 19.5 Å². The van der Waals surface area contributed by atoms with Crippen LogP contribution in [0.25, 0.3) is 0 Å². The maximum absolute atomic E-state index is 12.0. The number of likely N-dealkylation sites (N-methyl/N-ethyl adjacent to an activating group) is 1. The van der Waals surface area contributed by atoms with Gasteiger partial charge in [0.2, 0.25) is 0 Å². The van der Waals surface area contributed by atoms with Crippen molar-refractivity contribution < 1.29 is 9.90 Å². The molecular weight excluding hydrogens is 314 g/mol. The minimum absolute atomic E-state index is 0.0983. The van der Waals surface area contributed by atoms with Gasteiger partial charge in [0.15, 0.2) is 0 Å². The van der Waals surface area contributed by atoms with Gasteiger partial charge >= 0.3 is 6.03 Å². The highest BCUT2D eigenvalue weighted by Crippen LogP contribution is 2.16. The predicted molar refractivity (Wildman–Crippen MR) is 100 cm³/mol. The summed E-state index contributed by atoms with van der Waals surface area (Å²) in [6.45, 7) is 0.719. The van der Waals surface area contributed by atoms with Gasteiger partial charge in [0.1, 0.15) is 0 Å². The number of hydrogen-bond donors (Lipinski definition) is 3. The minimum Gasteiger partial charge on any atom is -0.391 e. The van der Waals surface area contributed by atoms with Gasteiger partial charge in [-0.15, -0.1) is 0 Å². The molecule has 0 bridgehead atoms. The Bertz CT molecular complexity index is 632. The Kier molecular flexibility index (Phi) is 7.44. The summed E-state index contributed by atoms with van der Waals surface area (Å²) in [4.78, 5) is 14.1. The number of aliphatic hydroxyl groups is 1. The van der Waals surface area contributed by atoms with Crippen LogP contribution in [0, 0.1) is 0 Å². The van der Waals surface area contributed by atoms with Crippen LogP contribution < -0.4 is 10.6 Å². The van der Waals surface area contributed by atoms with Crippen LogP contribution in [0.5, 0.6) is 0 Å². The molecule has 25 heavy (non-hydrogen) atoms. The second-order valence-corrected chi connectivity index (χ2v) is 6.32. The van der Waals surface area contributed by atoms with Crippen molar-refractivity contribution in [2.75, 3.05) is 27.2 Å². The third kappa shape index (κ3) is 6.57. The van der Waals surface area contributed by atoms with Gasteiger partial charge in [-0.05, 0) is 25.2 Å². The number of aliphatic hydroxyl groups excluding tert-OH is 1. The summed E-state index contributed by atoms with van der Waals surface area (Å²) < 4.78 is 0. The molecule has 134 valence electrons. The average molecular weight is 341 g/mol. The standard InChI is InChI=1S/C20H27N3O2/c1-23(2)19(17-11-7-4-8-12-17)15-22-20(25)21-14-18(24)13-16-9-5-3-6-10-16/h3-12,18-19,24H,13-15H2,1-2H3,(H2,21,22,25). The van der Waals surface area contributed by atoms with Gasteiger partial charge in [0.05, 0.1) is 12.1 Å². The van der Waals surface area contributed by atoms with E-state index in [0.717, 1.165) is 11.1 Å². The zero-order valence-electron chi connectivity index (χ0n) is 14.9. The fraction of sp³-hybridized carbons (Fsp3) is 0.350. The molecule has 2 unspecified atom stereocenters. The Hall–Kier alpha value is -2.37. The molecule has 0 saturated heterocycles. The molecule has 0 aliphatic heterocycles. The van der Waals surface area contributed by atoms with Crippen molar-refractivity contribution in [2.45, 2.75) is 18.6 Å². The number of hydrogen-bond acceptors (Lipinski definition) is 3. The molecule has 2 amide bonds. The van der Waals surface area contributed by atoms with Crippen LogP contribution >= 0.6 is 0 Å². The SMILES string of the molecule is CN(C)C(CNC(=O)NCC(O)Cc1ccccc1)c1ccccc1. The summed E-state index contributed by atoms with van der Waals surface area (Å²) in [5, 5.41) is 15.7. The highest BCUT2D eigenvalue weighted by molar-refractivity contribution is 5.73. The van der Waals surface area contributed by atoms with E-state index in [0.29, 0.717) is 13.0 Å². The molecule has 2 rings (SSSR count). The van der Waals surface area contributed by atoms with Crippen molar-refractivity contribution in [3.8, 4) is 0 Å². The second-order valence-electron chi connectivity index (χ2n) is 6.32. The lowest BCUT2D eigenvalue weighted by atomic mass is 10.1. The van der Waals surface area contributed by atoms with Crippen molar-refractivity contribution in [3.05, 3.63) is 71.8 Å². The molecular formula is C20H27N3O2. The first-order valence-electron chi connectivity index (χ1n) is 8.51. The van der Waals surface area contributed by atoms with Gasteiger partial charge < -0.3 is 20.6 Å². The second kappa shape index (κ2) is 9.81. The molecule has 5 heteroatoms. The van der Waals surface area contributed by atoms with Crippen molar-refractivity contribution in [2.24, 2.45) is 0 Å². The number of nitrogens with one attached hydrogen (secondary N) is 2. The summed E-state index contributed by atoms with van der Waals surface area (Å²) in [5.41, 5.74) is 2.20.